The number of nitrogens with two attached hydrogens (primary N) is 1. The Balaban J connectivity index is 1.59. The van der Waals surface area contributed by atoms with Crippen LogP contribution in [0.2, 0.25) is 0 Å². The first-order chi connectivity index (χ1) is 22.4. The smallest absolute Gasteiger partial charge is 0.295 e. The fourth-order valence-corrected chi connectivity index (χ4v) is 7.24. The molecule has 0 aromatic heterocycles. The van der Waals surface area contributed by atoms with E-state index < -0.39 is 40.9 Å². The molecule has 0 amide bonds. The minimum absolute atomic E-state index is 0.0161. The summed E-state index contributed by atoms with van der Waals surface area (Å²) in [6.07, 6.45) is 0. The molecule has 0 saturated carbocycles. The van der Waals surface area contributed by atoms with Crippen molar-refractivity contribution in [3.05, 3.63) is 131 Å². The van der Waals surface area contributed by atoms with Gasteiger partial charge in [0.1, 0.15) is 10.5 Å². The van der Waals surface area contributed by atoms with E-state index in [-0.39, 0.29) is 37.7 Å². The third-order valence-electron chi connectivity index (χ3n) is 7.54. The zero-order valence-corrected chi connectivity index (χ0v) is 27.4. The Bertz CT molecular complexity index is 2230. The highest BCUT2D eigenvalue weighted by Gasteiger charge is 2.39. The van der Waals surface area contributed by atoms with E-state index in [2.05, 4.69) is 10.6 Å². The average molecular weight is 712 g/mol. The van der Waals surface area contributed by atoms with Gasteiger partial charge in [-0.15, -0.1) is 0 Å². The fraction of sp³-hybridized carbons (Fsp3) is 0.0625. The number of aliphatic hydroxyl groups is 1. The van der Waals surface area contributed by atoms with Crippen molar-refractivity contribution in [1.29, 1.82) is 0 Å². The van der Waals surface area contributed by atoms with Crippen LogP contribution in [0.5, 0.6) is 0 Å². The lowest BCUT2D eigenvalue weighted by molar-refractivity contribution is 0.122. The van der Waals surface area contributed by atoms with Gasteiger partial charge in [-0.2, -0.15) is 25.3 Å². The maximum Gasteiger partial charge on any atom is 0.295 e. The summed E-state index contributed by atoms with van der Waals surface area (Å²) < 4.78 is 101. The van der Waals surface area contributed by atoms with E-state index in [0.717, 1.165) is 0 Å². The van der Waals surface area contributed by atoms with E-state index in [0.29, 0.717) is 22.7 Å². The topological polar surface area (TPSA) is 233 Å². The van der Waals surface area contributed by atoms with Gasteiger partial charge in [-0.05, 0) is 90.3 Å². The summed E-state index contributed by atoms with van der Waals surface area (Å²) in [4.78, 5) is -1.23. The predicted octanol–water partition coefficient (Wildman–Crippen LogP) is 5.09. The van der Waals surface area contributed by atoms with E-state index >= 15 is 0 Å². The molecule has 0 bridgehead atoms. The van der Waals surface area contributed by atoms with Crippen LogP contribution in [0, 0.1) is 6.92 Å². The first kappa shape index (κ1) is 34.5. The zero-order chi connectivity index (χ0) is 35.1. The molecule has 13 nitrogen and oxygen atoms in total. The lowest BCUT2D eigenvalue weighted by Crippen LogP contribution is -2.31. The molecule has 0 saturated heterocycles. The molecule has 5 aromatic carbocycles. The Morgan fingerprint density at radius 1 is 0.562 bits per heavy atom. The second kappa shape index (κ2) is 12.7. The minimum atomic E-state index is -4.92. The molecule has 0 aliphatic rings. The molecule has 0 atom stereocenters. The lowest BCUT2D eigenvalue weighted by Gasteiger charge is -2.32. The highest BCUT2D eigenvalue weighted by atomic mass is 32.2. The van der Waals surface area contributed by atoms with Crippen molar-refractivity contribution in [2.45, 2.75) is 27.2 Å². The van der Waals surface area contributed by atoms with Crippen LogP contribution in [0.3, 0.4) is 0 Å². The first-order valence-electron chi connectivity index (χ1n) is 13.9. The third kappa shape index (κ3) is 7.19. The molecular formula is C32H29N3O10S3. The van der Waals surface area contributed by atoms with E-state index in [9.17, 15) is 44.0 Å². The maximum absolute atomic E-state index is 12.7. The van der Waals surface area contributed by atoms with Crippen molar-refractivity contribution < 1.29 is 44.0 Å². The monoisotopic (exact) mass is 711 g/mol. The normalized spacial score (nSPS) is 12.4. The van der Waals surface area contributed by atoms with E-state index in [1.807, 2.05) is 0 Å². The van der Waals surface area contributed by atoms with Gasteiger partial charge in [0, 0.05) is 34.0 Å². The van der Waals surface area contributed by atoms with E-state index in [1.54, 1.807) is 36.4 Å². The van der Waals surface area contributed by atoms with Crippen molar-refractivity contribution >= 4 is 58.8 Å². The van der Waals surface area contributed by atoms with Crippen molar-refractivity contribution in [2.75, 3.05) is 16.4 Å². The largest absolute Gasteiger partial charge is 0.398 e. The molecule has 48 heavy (non-hydrogen) atoms. The number of hydrogen-bond acceptors (Lipinski definition) is 10. The van der Waals surface area contributed by atoms with Gasteiger partial charge >= 0.3 is 0 Å². The van der Waals surface area contributed by atoms with Crippen LogP contribution in [0.25, 0.3) is 0 Å². The molecule has 16 heteroatoms. The Morgan fingerprint density at radius 2 is 0.979 bits per heavy atom. The van der Waals surface area contributed by atoms with Crippen molar-refractivity contribution in [1.82, 2.24) is 0 Å². The molecule has 0 aliphatic heterocycles. The first-order valence-corrected chi connectivity index (χ1v) is 18.2. The number of nitrogens with one attached hydrogen (secondary N) is 2. The molecule has 0 aliphatic carbocycles. The third-order valence-corrected chi connectivity index (χ3v) is 10.3. The lowest BCUT2D eigenvalue weighted by atomic mass is 9.79. The van der Waals surface area contributed by atoms with Gasteiger partial charge in [-0.3, -0.25) is 13.7 Å². The van der Waals surface area contributed by atoms with Crippen molar-refractivity contribution in [2.24, 2.45) is 0 Å². The molecule has 0 unspecified atom stereocenters. The van der Waals surface area contributed by atoms with Gasteiger partial charge in [0.15, 0.2) is 0 Å². The van der Waals surface area contributed by atoms with Gasteiger partial charge in [0.2, 0.25) is 0 Å². The summed E-state index contributed by atoms with van der Waals surface area (Å²) in [6, 6.07) is 25.8. The second-order valence-corrected chi connectivity index (χ2v) is 15.0. The molecule has 0 radical (unpaired) electrons. The van der Waals surface area contributed by atoms with Gasteiger partial charge < -0.3 is 21.5 Å². The highest BCUT2D eigenvalue weighted by Crippen LogP contribution is 2.42. The fourth-order valence-electron chi connectivity index (χ4n) is 5.19. The summed E-state index contributed by atoms with van der Waals surface area (Å²) in [6.45, 7) is 1.39. The van der Waals surface area contributed by atoms with Gasteiger partial charge in [0.25, 0.3) is 30.4 Å². The van der Waals surface area contributed by atoms with Gasteiger partial charge in [-0.25, -0.2) is 0 Å². The summed E-state index contributed by atoms with van der Waals surface area (Å²) in [5.74, 6) is 0. The quantitative estimate of drug-likeness (QED) is 0.0569. The molecular weight excluding hydrogens is 683 g/mol. The van der Waals surface area contributed by atoms with E-state index in [1.165, 1.54) is 79.7 Å². The Morgan fingerprint density at radius 3 is 1.35 bits per heavy atom. The Labute approximate surface area is 277 Å². The number of hydrogen-bond donors (Lipinski definition) is 7. The molecule has 250 valence electrons. The Hall–Kier alpha value is -4.81. The van der Waals surface area contributed by atoms with Crippen LogP contribution in [-0.4, -0.2) is 44.0 Å². The molecule has 0 heterocycles. The summed E-state index contributed by atoms with van der Waals surface area (Å²) in [5, 5.41) is 18.6. The molecule has 0 fully saturated rings. The van der Waals surface area contributed by atoms with Crippen molar-refractivity contribution in [3.8, 4) is 0 Å². The summed E-state index contributed by atoms with van der Waals surface area (Å²) in [5.41, 5.74) is 5.59. The van der Waals surface area contributed by atoms with Crippen LogP contribution in [-0.2, 0) is 36.0 Å². The molecule has 0 spiro atoms. The number of rotatable bonds is 10. The number of nitrogen functional groups attached to an aromatic ring is 1. The SMILES string of the molecule is Cc1c(N)ccc(C(O)(c2ccc(Nc3cccc(S(=O)(=O)O)c3)cc2)c2ccc(Nc3cccc(S(=O)(=O)O)c3)cc2)c1S(=O)(=O)O. The molecule has 5 aromatic rings. The molecule has 5 rings (SSSR count). The standard InChI is InChI=1S/C32H29N3O10S3/c1-20-30(33)17-16-29(31(20)48(43,44)45)32(36,21-8-12-23(13-9-21)34-25-4-2-6-27(18-25)46(37,38)39)22-10-14-24(15-11-22)35-26-5-3-7-28(19-26)47(40,41)42/h2-19,34-36H,33H2,1H3,(H,37,38,39)(H,40,41,42)(H,43,44,45). The van der Waals surface area contributed by atoms with Crippen LogP contribution >= 0.6 is 0 Å². The molecule has 8 N–H and O–H groups in total. The maximum atomic E-state index is 12.7. The van der Waals surface area contributed by atoms with Crippen LogP contribution in [0.4, 0.5) is 28.4 Å². The van der Waals surface area contributed by atoms with Crippen LogP contribution in [0.15, 0.2) is 124 Å². The predicted molar refractivity (Wildman–Crippen MR) is 179 cm³/mol. The number of benzene rings is 5. The summed E-state index contributed by atoms with van der Waals surface area (Å²) in [7, 11) is -13.8. The average Bonchev–Trinajstić information content (AvgIpc) is 3.01. The van der Waals surface area contributed by atoms with Gasteiger partial charge in [-0.1, -0.05) is 42.5 Å². The van der Waals surface area contributed by atoms with Crippen LogP contribution < -0.4 is 16.4 Å². The highest BCUT2D eigenvalue weighted by molar-refractivity contribution is 7.86. The minimum Gasteiger partial charge on any atom is -0.398 e. The van der Waals surface area contributed by atoms with E-state index in [4.69, 9.17) is 5.73 Å². The second-order valence-electron chi connectivity index (χ2n) is 10.8. The Kier molecular flexibility index (Phi) is 9.11. The summed E-state index contributed by atoms with van der Waals surface area (Å²) >= 11 is 0. The van der Waals surface area contributed by atoms with Crippen LogP contribution in [0.1, 0.15) is 22.3 Å². The number of anilines is 5. The zero-order valence-electron chi connectivity index (χ0n) is 24.9. The van der Waals surface area contributed by atoms with Gasteiger partial charge in [0.05, 0.1) is 9.79 Å². The van der Waals surface area contributed by atoms with Crippen molar-refractivity contribution in [3.63, 3.8) is 0 Å².